The fourth-order valence-corrected chi connectivity index (χ4v) is 4.75. The van der Waals surface area contributed by atoms with Gasteiger partial charge in [0.1, 0.15) is 0 Å². The second-order valence-electron chi connectivity index (χ2n) is 5.95. The van der Waals surface area contributed by atoms with Gasteiger partial charge in [0.15, 0.2) is 0 Å². The summed E-state index contributed by atoms with van der Waals surface area (Å²) in [6, 6.07) is 0.275. The van der Waals surface area contributed by atoms with Crippen molar-refractivity contribution < 1.29 is 13.2 Å². The molecule has 0 bridgehead atoms. The standard InChI is InChI=1S/C13H25N3O3S/c1-5-20(18,19)15-7-10-6-11(13(17)14-4)16(9(2)3)12(10)8-15/h9-12H,5-8H2,1-4H3,(H,14,17)/t10-,11-,12+/m0/s1. The van der Waals surface area contributed by atoms with Gasteiger partial charge in [0.25, 0.3) is 0 Å². The molecular weight excluding hydrogens is 278 g/mol. The van der Waals surface area contributed by atoms with Crippen molar-refractivity contribution in [1.82, 2.24) is 14.5 Å². The zero-order valence-corrected chi connectivity index (χ0v) is 13.5. The fourth-order valence-electron chi connectivity index (χ4n) is 3.59. The van der Waals surface area contributed by atoms with Crippen molar-refractivity contribution in [2.24, 2.45) is 5.92 Å². The quantitative estimate of drug-likeness (QED) is 0.785. The summed E-state index contributed by atoms with van der Waals surface area (Å²) in [5.74, 6) is 0.450. The van der Waals surface area contributed by atoms with Crippen LogP contribution in [0.3, 0.4) is 0 Å². The van der Waals surface area contributed by atoms with Crippen LogP contribution in [0.5, 0.6) is 0 Å². The molecule has 0 saturated carbocycles. The van der Waals surface area contributed by atoms with E-state index in [0.717, 1.165) is 6.42 Å². The summed E-state index contributed by atoms with van der Waals surface area (Å²) in [6.07, 6.45) is 0.748. The monoisotopic (exact) mass is 303 g/mol. The molecule has 2 heterocycles. The van der Waals surface area contributed by atoms with E-state index in [2.05, 4.69) is 24.1 Å². The molecule has 7 heteroatoms. The lowest BCUT2D eigenvalue weighted by Gasteiger charge is -2.32. The van der Waals surface area contributed by atoms with E-state index < -0.39 is 10.0 Å². The van der Waals surface area contributed by atoms with Gasteiger partial charge in [-0.25, -0.2) is 12.7 Å². The lowest BCUT2D eigenvalue weighted by Crippen LogP contribution is -2.50. The highest BCUT2D eigenvalue weighted by molar-refractivity contribution is 7.89. The molecule has 2 aliphatic heterocycles. The minimum atomic E-state index is -3.13. The van der Waals surface area contributed by atoms with Crippen molar-refractivity contribution in [3.8, 4) is 0 Å². The maximum Gasteiger partial charge on any atom is 0.237 e. The molecule has 6 nitrogen and oxygen atoms in total. The zero-order valence-electron chi connectivity index (χ0n) is 12.7. The number of likely N-dealkylation sites (N-methyl/N-ethyl adjacent to an activating group) is 1. The second-order valence-corrected chi connectivity index (χ2v) is 8.21. The number of rotatable bonds is 4. The van der Waals surface area contributed by atoms with Crippen LogP contribution in [0, 0.1) is 5.92 Å². The average molecular weight is 303 g/mol. The van der Waals surface area contributed by atoms with Crippen LogP contribution in [0.2, 0.25) is 0 Å². The molecule has 20 heavy (non-hydrogen) atoms. The molecule has 0 aromatic rings. The Balaban J connectivity index is 2.19. The van der Waals surface area contributed by atoms with E-state index in [4.69, 9.17) is 0 Å². The van der Waals surface area contributed by atoms with Gasteiger partial charge >= 0.3 is 0 Å². The number of hydrogen-bond donors (Lipinski definition) is 1. The molecule has 2 saturated heterocycles. The minimum absolute atomic E-state index is 0.0398. The Hall–Kier alpha value is -0.660. The first kappa shape index (κ1) is 15.7. The molecule has 0 spiro atoms. The number of carbonyl (C=O) groups is 1. The predicted octanol–water partition coefficient (Wildman–Crippen LogP) is -0.135. The summed E-state index contributed by atoms with van der Waals surface area (Å²) in [5.41, 5.74) is 0. The van der Waals surface area contributed by atoms with E-state index in [1.807, 2.05) is 0 Å². The Morgan fingerprint density at radius 2 is 2.00 bits per heavy atom. The third-order valence-electron chi connectivity index (χ3n) is 4.55. The summed E-state index contributed by atoms with van der Waals surface area (Å²) in [6.45, 7) is 6.88. The summed E-state index contributed by atoms with van der Waals surface area (Å²) >= 11 is 0. The Labute approximate surface area is 121 Å². The van der Waals surface area contributed by atoms with Gasteiger partial charge in [0.05, 0.1) is 11.8 Å². The van der Waals surface area contributed by atoms with Crippen molar-refractivity contribution in [2.45, 2.75) is 45.3 Å². The molecule has 2 aliphatic rings. The molecule has 0 aromatic carbocycles. The van der Waals surface area contributed by atoms with Crippen LogP contribution < -0.4 is 5.32 Å². The van der Waals surface area contributed by atoms with Crippen LogP contribution in [-0.2, 0) is 14.8 Å². The third-order valence-corrected chi connectivity index (χ3v) is 6.36. The van der Waals surface area contributed by atoms with Gasteiger partial charge in [-0.1, -0.05) is 0 Å². The number of nitrogens with one attached hydrogen (secondary N) is 1. The normalized spacial score (nSPS) is 31.8. The molecule has 0 radical (unpaired) electrons. The van der Waals surface area contributed by atoms with Gasteiger partial charge in [0, 0.05) is 32.2 Å². The Morgan fingerprint density at radius 3 is 2.50 bits per heavy atom. The fraction of sp³-hybridized carbons (Fsp3) is 0.923. The van der Waals surface area contributed by atoms with E-state index in [1.54, 1.807) is 18.3 Å². The van der Waals surface area contributed by atoms with Gasteiger partial charge in [-0.05, 0) is 33.1 Å². The van der Waals surface area contributed by atoms with E-state index in [9.17, 15) is 13.2 Å². The van der Waals surface area contributed by atoms with Crippen LogP contribution in [0.25, 0.3) is 0 Å². The molecule has 0 unspecified atom stereocenters. The van der Waals surface area contributed by atoms with Crippen molar-refractivity contribution in [3.63, 3.8) is 0 Å². The number of carbonyl (C=O) groups excluding carboxylic acids is 1. The lowest BCUT2D eigenvalue weighted by molar-refractivity contribution is -0.126. The molecule has 3 atom stereocenters. The minimum Gasteiger partial charge on any atom is -0.358 e. The molecule has 1 N–H and O–H groups in total. The smallest absolute Gasteiger partial charge is 0.237 e. The first-order valence-corrected chi connectivity index (χ1v) is 8.89. The maximum atomic E-state index is 12.0. The van der Waals surface area contributed by atoms with Gasteiger partial charge in [0.2, 0.25) is 15.9 Å². The van der Waals surface area contributed by atoms with Crippen LogP contribution in [0.4, 0.5) is 0 Å². The van der Waals surface area contributed by atoms with E-state index in [-0.39, 0.29) is 35.7 Å². The summed E-state index contributed by atoms with van der Waals surface area (Å²) in [5, 5.41) is 2.72. The first-order chi connectivity index (χ1) is 9.31. The van der Waals surface area contributed by atoms with Crippen molar-refractivity contribution in [1.29, 1.82) is 0 Å². The molecule has 2 fully saturated rings. The van der Waals surface area contributed by atoms with Gasteiger partial charge < -0.3 is 5.32 Å². The van der Waals surface area contributed by atoms with Crippen LogP contribution in [-0.4, -0.2) is 67.5 Å². The SMILES string of the molecule is CCS(=O)(=O)N1C[C@@H]2C[C@@H](C(=O)NC)N(C(C)C)[C@@H]2C1. The van der Waals surface area contributed by atoms with Crippen LogP contribution in [0.1, 0.15) is 27.2 Å². The number of sulfonamides is 1. The number of likely N-dealkylation sites (tertiary alicyclic amines) is 1. The predicted molar refractivity (Wildman–Crippen MR) is 77.8 cm³/mol. The number of nitrogens with zero attached hydrogens (tertiary/aromatic N) is 2. The maximum absolute atomic E-state index is 12.0. The van der Waals surface area contributed by atoms with Gasteiger partial charge in [-0.2, -0.15) is 0 Å². The molecule has 116 valence electrons. The highest BCUT2D eigenvalue weighted by Gasteiger charge is 2.51. The number of fused-ring (bicyclic) bond motifs is 1. The van der Waals surface area contributed by atoms with Crippen molar-refractivity contribution >= 4 is 15.9 Å². The van der Waals surface area contributed by atoms with Crippen molar-refractivity contribution in [3.05, 3.63) is 0 Å². The Bertz CT molecular complexity index is 477. The average Bonchev–Trinajstić information content (AvgIpc) is 2.94. The van der Waals surface area contributed by atoms with Crippen LogP contribution in [0.15, 0.2) is 0 Å². The Kier molecular flexibility index (Phi) is 4.41. The third kappa shape index (κ3) is 2.58. The first-order valence-electron chi connectivity index (χ1n) is 7.28. The molecular formula is C13H25N3O3S. The number of amides is 1. The van der Waals surface area contributed by atoms with Crippen LogP contribution >= 0.6 is 0 Å². The number of hydrogen-bond acceptors (Lipinski definition) is 4. The Morgan fingerprint density at radius 1 is 1.35 bits per heavy atom. The zero-order chi connectivity index (χ0) is 15.1. The molecule has 2 rings (SSSR count). The highest BCUT2D eigenvalue weighted by atomic mass is 32.2. The van der Waals surface area contributed by atoms with Crippen molar-refractivity contribution in [2.75, 3.05) is 25.9 Å². The van der Waals surface area contributed by atoms with E-state index in [0.29, 0.717) is 13.1 Å². The second kappa shape index (κ2) is 5.61. The topological polar surface area (TPSA) is 69.7 Å². The largest absolute Gasteiger partial charge is 0.358 e. The highest BCUT2D eigenvalue weighted by Crippen LogP contribution is 2.38. The van der Waals surface area contributed by atoms with E-state index >= 15 is 0 Å². The molecule has 0 aliphatic carbocycles. The molecule has 1 amide bonds. The van der Waals surface area contributed by atoms with Gasteiger partial charge in [-0.15, -0.1) is 0 Å². The summed E-state index contributed by atoms with van der Waals surface area (Å²) in [4.78, 5) is 14.2. The van der Waals surface area contributed by atoms with Gasteiger partial charge in [-0.3, -0.25) is 9.69 Å². The molecule has 0 aromatic heterocycles. The van der Waals surface area contributed by atoms with E-state index in [1.165, 1.54) is 0 Å². The summed E-state index contributed by atoms with van der Waals surface area (Å²) < 4.78 is 25.6. The lowest BCUT2D eigenvalue weighted by atomic mass is 10.0. The summed E-state index contributed by atoms with van der Waals surface area (Å²) in [7, 11) is -1.47.